The molecule has 5 nitrogen and oxygen atoms in total. The zero-order chi connectivity index (χ0) is 18.0. The van der Waals surface area contributed by atoms with Gasteiger partial charge in [-0.25, -0.2) is 9.67 Å². The summed E-state index contributed by atoms with van der Waals surface area (Å²) in [5.41, 5.74) is 2.35. The first kappa shape index (κ1) is 17.4. The molecule has 1 amide bonds. The standard InChI is InChI=1S/C19H21ClN4O/c1-4-17(13-5-7-16(20)8-6-13)23-19(25)15-9-14-11-22-24(12(2)3)18(14)21-10-15/h5-12,17H,4H2,1-3H3,(H,23,25). The van der Waals surface area contributed by atoms with E-state index in [1.807, 2.05) is 55.8 Å². The highest BCUT2D eigenvalue weighted by atomic mass is 35.5. The fourth-order valence-electron chi connectivity index (χ4n) is 2.80. The molecular weight excluding hydrogens is 336 g/mol. The molecule has 25 heavy (non-hydrogen) atoms. The second kappa shape index (κ2) is 7.23. The van der Waals surface area contributed by atoms with Crippen LogP contribution in [0, 0.1) is 0 Å². The predicted octanol–water partition coefficient (Wildman–Crippen LogP) is 4.55. The van der Waals surface area contributed by atoms with E-state index in [1.165, 1.54) is 0 Å². The third-order valence-electron chi connectivity index (χ3n) is 4.17. The summed E-state index contributed by atoms with van der Waals surface area (Å²) in [4.78, 5) is 17.1. The van der Waals surface area contributed by atoms with E-state index in [0.29, 0.717) is 10.6 Å². The van der Waals surface area contributed by atoms with Crippen molar-refractivity contribution >= 4 is 28.5 Å². The lowest BCUT2D eigenvalue weighted by Crippen LogP contribution is -2.28. The molecule has 1 unspecified atom stereocenters. The molecule has 1 aromatic carbocycles. The van der Waals surface area contributed by atoms with Crippen LogP contribution in [0.25, 0.3) is 11.0 Å². The zero-order valence-corrected chi connectivity index (χ0v) is 15.3. The molecule has 2 heterocycles. The number of pyridine rings is 1. The lowest BCUT2D eigenvalue weighted by Gasteiger charge is -2.17. The molecule has 0 spiro atoms. The van der Waals surface area contributed by atoms with Crippen molar-refractivity contribution < 1.29 is 4.79 Å². The Morgan fingerprint density at radius 2 is 1.96 bits per heavy atom. The first-order chi connectivity index (χ1) is 12.0. The molecule has 2 aromatic heterocycles. The number of halogens is 1. The second-order valence-electron chi connectivity index (χ2n) is 6.31. The molecule has 0 aliphatic rings. The molecule has 130 valence electrons. The van der Waals surface area contributed by atoms with E-state index in [0.717, 1.165) is 23.0 Å². The van der Waals surface area contributed by atoms with Crippen LogP contribution >= 0.6 is 11.6 Å². The fraction of sp³-hybridized carbons (Fsp3) is 0.316. The first-order valence-corrected chi connectivity index (χ1v) is 8.77. The average molecular weight is 357 g/mol. The molecule has 3 rings (SSSR count). The van der Waals surface area contributed by atoms with Gasteiger partial charge in [0.25, 0.3) is 5.91 Å². The number of fused-ring (bicyclic) bond motifs is 1. The number of benzene rings is 1. The monoisotopic (exact) mass is 356 g/mol. The predicted molar refractivity (Wildman–Crippen MR) is 99.9 cm³/mol. The molecule has 0 bridgehead atoms. The van der Waals surface area contributed by atoms with Gasteiger partial charge >= 0.3 is 0 Å². The van der Waals surface area contributed by atoms with E-state index in [4.69, 9.17) is 11.6 Å². The summed E-state index contributed by atoms with van der Waals surface area (Å²) in [6.45, 7) is 6.13. The van der Waals surface area contributed by atoms with E-state index in [2.05, 4.69) is 15.4 Å². The summed E-state index contributed by atoms with van der Waals surface area (Å²) in [6.07, 6.45) is 4.14. The largest absolute Gasteiger partial charge is 0.345 e. The van der Waals surface area contributed by atoms with Crippen LogP contribution in [-0.4, -0.2) is 20.7 Å². The minimum atomic E-state index is -0.145. The SMILES string of the molecule is CCC(NC(=O)c1cnc2c(cnn2C(C)C)c1)c1ccc(Cl)cc1. The van der Waals surface area contributed by atoms with Crippen LogP contribution in [0.2, 0.25) is 5.02 Å². The third-order valence-corrected chi connectivity index (χ3v) is 4.42. The minimum absolute atomic E-state index is 0.0705. The number of hydrogen-bond donors (Lipinski definition) is 1. The molecule has 3 aromatic rings. The topological polar surface area (TPSA) is 59.8 Å². The summed E-state index contributed by atoms with van der Waals surface area (Å²) in [6, 6.07) is 9.52. The fourth-order valence-corrected chi connectivity index (χ4v) is 2.93. The Labute approximate surface area is 152 Å². The molecule has 0 aliphatic heterocycles. The van der Waals surface area contributed by atoms with Crippen molar-refractivity contribution in [1.82, 2.24) is 20.1 Å². The highest BCUT2D eigenvalue weighted by Crippen LogP contribution is 2.21. The van der Waals surface area contributed by atoms with Crippen molar-refractivity contribution in [2.75, 3.05) is 0 Å². The van der Waals surface area contributed by atoms with Gasteiger partial charge in [0.2, 0.25) is 0 Å². The van der Waals surface area contributed by atoms with Gasteiger partial charge in [-0.05, 0) is 44.0 Å². The first-order valence-electron chi connectivity index (χ1n) is 8.39. The summed E-state index contributed by atoms with van der Waals surface area (Å²) < 4.78 is 1.85. The maximum absolute atomic E-state index is 12.6. The van der Waals surface area contributed by atoms with Crippen molar-refractivity contribution in [3.63, 3.8) is 0 Å². The van der Waals surface area contributed by atoms with Gasteiger partial charge in [0.1, 0.15) is 0 Å². The van der Waals surface area contributed by atoms with E-state index in [-0.39, 0.29) is 18.0 Å². The summed E-state index contributed by atoms with van der Waals surface area (Å²) >= 11 is 5.94. The van der Waals surface area contributed by atoms with Crippen LogP contribution in [0.3, 0.4) is 0 Å². The molecule has 0 fully saturated rings. The Bertz CT molecular complexity index is 886. The lowest BCUT2D eigenvalue weighted by atomic mass is 10.0. The number of nitrogens with zero attached hydrogens (tertiary/aromatic N) is 3. The van der Waals surface area contributed by atoms with E-state index < -0.39 is 0 Å². The summed E-state index contributed by atoms with van der Waals surface area (Å²) in [7, 11) is 0. The molecular formula is C19H21ClN4O. The van der Waals surface area contributed by atoms with Crippen LogP contribution in [-0.2, 0) is 0 Å². The van der Waals surface area contributed by atoms with Crippen molar-refractivity contribution in [1.29, 1.82) is 0 Å². The van der Waals surface area contributed by atoms with Crippen LogP contribution in [0.5, 0.6) is 0 Å². The Morgan fingerprint density at radius 3 is 2.60 bits per heavy atom. The van der Waals surface area contributed by atoms with Gasteiger partial charge in [0.05, 0.1) is 17.8 Å². The lowest BCUT2D eigenvalue weighted by molar-refractivity contribution is 0.0935. The van der Waals surface area contributed by atoms with Gasteiger partial charge in [-0.2, -0.15) is 5.10 Å². The van der Waals surface area contributed by atoms with Crippen LogP contribution in [0.1, 0.15) is 55.2 Å². The van der Waals surface area contributed by atoms with Gasteiger partial charge < -0.3 is 5.32 Å². The van der Waals surface area contributed by atoms with Crippen LogP contribution < -0.4 is 5.32 Å². The van der Waals surface area contributed by atoms with Gasteiger partial charge in [0.15, 0.2) is 5.65 Å². The smallest absolute Gasteiger partial charge is 0.253 e. The number of aromatic nitrogens is 3. The zero-order valence-electron chi connectivity index (χ0n) is 14.5. The number of amides is 1. The average Bonchev–Trinajstić information content (AvgIpc) is 3.03. The molecule has 0 saturated heterocycles. The Kier molecular flexibility index (Phi) is 5.04. The van der Waals surface area contributed by atoms with Gasteiger partial charge in [0, 0.05) is 22.6 Å². The van der Waals surface area contributed by atoms with Gasteiger partial charge in [-0.15, -0.1) is 0 Å². The van der Waals surface area contributed by atoms with E-state index in [1.54, 1.807) is 12.4 Å². The van der Waals surface area contributed by atoms with Crippen molar-refractivity contribution in [2.24, 2.45) is 0 Å². The van der Waals surface area contributed by atoms with Crippen molar-refractivity contribution in [2.45, 2.75) is 39.3 Å². The maximum atomic E-state index is 12.6. The summed E-state index contributed by atoms with van der Waals surface area (Å²) in [5, 5.41) is 8.95. The Morgan fingerprint density at radius 1 is 1.24 bits per heavy atom. The van der Waals surface area contributed by atoms with Crippen LogP contribution in [0.4, 0.5) is 0 Å². The van der Waals surface area contributed by atoms with E-state index >= 15 is 0 Å². The highest BCUT2D eigenvalue weighted by Gasteiger charge is 2.16. The van der Waals surface area contributed by atoms with Gasteiger partial charge in [-0.1, -0.05) is 30.7 Å². The maximum Gasteiger partial charge on any atom is 0.253 e. The molecule has 1 atom stereocenters. The number of nitrogens with one attached hydrogen (secondary N) is 1. The van der Waals surface area contributed by atoms with Crippen molar-refractivity contribution in [3.05, 3.63) is 58.9 Å². The molecule has 0 aliphatic carbocycles. The van der Waals surface area contributed by atoms with Crippen LogP contribution in [0.15, 0.2) is 42.7 Å². The number of carbonyl (C=O) groups excluding carboxylic acids is 1. The Balaban J connectivity index is 1.82. The van der Waals surface area contributed by atoms with Crippen molar-refractivity contribution in [3.8, 4) is 0 Å². The molecule has 0 saturated carbocycles. The third kappa shape index (κ3) is 3.66. The normalized spacial score (nSPS) is 12.5. The highest BCUT2D eigenvalue weighted by molar-refractivity contribution is 6.30. The number of hydrogen-bond acceptors (Lipinski definition) is 3. The molecule has 6 heteroatoms. The summed E-state index contributed by atoms with van der Waals surface area (Å²) in [5.74, 6) is -0.145. The second-order valence-corrected chi connectivity index (χ2v) is 6.74. The van der Waals surface area contributed by atoms with Gasteiger partial charge in [-0.3, -0.25) is 4.79 Å². The Hall–Kier alpha value is -2.40. The minimum Gasteiger partial charge on any atom is -0.345 e. The number of rotatable bonds is 5. The molecule has 1 N–H and O–H groups in total. The molecule has 0 radical (unpaired) electrons. The quantitative estimate of drug-likeness (QED) is 0.729. The van der Waals surface area contributed by atoms with E-state index in [9.17, 15) is 4.79 Å². The number of carbonyl (C=O) groups is 1.